The zero-order chi connectivity index (χ0) is 16.4. The molecule has 0 saturated carbocycles. The molecule has 0 aliphatic carbocycles. The zero-order valence-electron chi connectivity index (χ0n) is 14.9. The molecule has 1 N–H and O–H groups in total. The number of hydrogen-bond donors (Lipinski definition) is 1. The number of likely N-dealkylation sites (tertiary alicyclic amines) is 1. The molecule has 136 valence electrons. The largest absolute Gasteiger partial charge is 0.497 e. The average Bonchev–Trinajstić information content (AvgIpc) is 3.10. The van der Waals surface area contributed by atoms with Crippen molar-refractivity contribution in [1.82, 2.24) is 15.1 Å². The fourth-order valence-corrected chi connectivity index (χ4v) is 4.06. The SMILES string of the molecule is COc1ccc2cc(CN3CCC(N4CCNCC4)C3)ccc2c1.Cl. The minimum absolute atomic E-state index is 0. The van der Waals surface area contributed by atoms with Crippen molar-refractivity contribution >= 4 is 23.2 Å². The summed E-state index contributed by atoms with van der Waals surface area (Å²) in [6.07, 6.45) is 1.31. The Labute approximate surface area is 156 Å². The molecule has 0 spiro atoms. The number of hydrogen-bond acceptors (Lipinski definition) is 4. The summed E-state index contributed by atoms with van der Waals surface area (Å²) in [7, 11) is 1.72. The lowest BCUT2D eigenvalue weighted by molar-refractivity contribution is 0.170. The normalized spacial score (nSPS) is 22.0. The van der Waals surface area contributed by atoms with Gasteiger partial charge >= 0.3 is 0 Å². The first kappa shape index (κ1) is 18.5. The third-order valence-electron chi connectivity index (χ3n) is 5.43. The Morgan fingerprint density at radius 2 is 1.80 bits per heavy atom. The van der Waals surface area contributed by atoms with E-state index in [1.165, 1.54) is 48.9 Å². The second-order valence-electron chi connectivity index (χ2n) is 7.01. The first-order valence-corrected chi connectivity index (χ1v) is 9.05. The first-order chi connectivity index (χ1) is 11.8. The van der Waals surface area contributed by atoms with E-state index in [1.807, 2.05) is 6.07 Å². The summed E-state index contributed by atoms with van der Waals surface area (Å²) < 4.78 is 5.31. The van der Waals surface area contributed by atoms with Gasteiger partial charge in [0, 0.05) is 51.9 Å². The molecule has 4 nitrogen and oxygen atoms in total. The van der Waals surface area contributed by atoms with Crippen LogP contribution in [0.25, 0.3) is 10.8 Å². The predicted octanol–water partition coefficient (Wildman–Crippen LogP) is 2.75. The van der Waals surface area contributed by atoms with E-state index in [4.69, 9.17) is 4.74 Å². The van der Waals surface area contributed by atoms with Crippen LogP contribution in [0.5, 0.6) is 5.75 Å². The molecule has 0 aromatic heterocycles. The summed E-state index contributed by atoms with van der Waals surface area (Å²) in [5.41, 5.74) is 1.41. The van der Waals surface area contributed by atoms with Gasteiger partial charge in [-0.15, -0.1) is 12.4 Å². The van der Waals surface area contributed by atoms with Gasteiger partial charge in [-0.25, -0.2) is 0 Å². The van der Waals surface area contributed by atoms with Crippen LogP contribution in [-0.4, -0.2) is 62.2 Å². The number of halogens is 1. The topological polar surface area (TPSA) is 27.7 Å². The van der Waals surface area contributed by atoms with Crippen LogP contribution in [0.1, 0.15) is 12.0 Å². The van der Waals surface area contributed by atoms with E-state index in [0.29, 0.717) is 0 Å². The zero-order valence-corrected chi connectivity index (χ0v) is 15.7. The van der Waals surface area contributed by atoms with Crippen molar-refractivity contribution in [3.8, 4) is 5.75 Å². The van der Waals surface area contributed by atoms with Gasteiger partial charge in [0.2, 0.25) is 0 Å². The molecule has 2 saturated heterocycles. The third kappa shape index (κ3) is 4.26. The number of nitrogens with zero attached hydrogens (tertiary/aromatic N) is 2. The van der Waals surface area contributed by atoms with Crippen LogP contribution < -0.4 is 10.1 Å². The molecule has 1 atom stereocenters. The maximum atomic E-state index is 5.31. The van der Waals surface area contributed by atoms with Gasteiger partial charge in [-0.2, -0.15) is 0 Å². The van der Waals surface area contributed by atoms with Crippen LogP contribution in [-0.2, 0) is 6.54 Å². The van der Waals surface area contributed by atoms with E-state index < -0.39 is 0 Å². The monoisotopic (exact) mass is 361 g/mol. The minimum atomic E-state index is 0. The third-order valence-corrected chi connectivity index (χ3v) is 5.43. The molecule has 1 unspecified atom stereocenters. The maximum Gasteiger partial charge on any atom is 0.119 e. The minimum Gasteiger partial charge on any atom is -0.497 e. The van der Waals surface area contributed by atoms with Crippen LogP contribution in [0, 0.1) is 0 Å². The Bertz CT molecular complexity index is 702. The molecule has 2 aromatic carbocycles. The highest BCUT2D eigenvalue weighted by Crippen LogP contribution is 2.24. The Hall–Kier alpha value is -1.33. The second kappa shape index (κ2) is 8.37. The molecule has 2 aliphatic heterocycles. The first-order valence-electron chi connectivity index (χ1n) is 9.05. The molecule has 2 heterocycles. The van der Waals surface area contributed by atoms with Gasteiger partial charge in [-0.05, 0) is 41.0 Å². The number of ether oxygens (including phenoxy) is 1. The van der Waals surface area contributed by atoms with Gasteiger partial charge < -0.3 is 10.1 Å². The summed E-state index contributed by atoms with van der Waals surface area (Å²) in [6, 6.07) is 13.9. The summed E-state index contributed by atoms with van der Waals surface area (Å²) in [5, 5.41) is 6.00. The average molecular weight is 362 g/mol. The molecule has 2 aromatic rings. The number of nitrogens with one attached hydrogen (secondary N) is 1. The molecule has 0 amide bonds. The Morgan fingerprint density at radius 3 is 2.60 bits per heavy atom. The van der Waals surface area contributed by atoms with Gasteiger partial charge in [-0.3, -0.25) is 9.80 Å². The number of benzene rings is 2. The van der Waals surface area contributed by atoms with E-state index in [2.05, 4.69) is 45.4 Å². The molecular formula is C20H28ClN3O. The fraction of sp³-hybridized carbons (Fsp3) is 0.500. The van der Waals surface area contributed by atoms with Crippen molar-refractivity contribution in [3.05, 3.63) is 42.0 Å². The van der Waals surface area contributed by atoms with Crippen LogP contribution in [0.3, 0.4) is 0 Å². The second-order valence-corrected chi connectivity index (χ2v) is 7.01. The predicted molar refractivity (Wildman–Crippen MR) is 106 cm³/mol. The molecule has 0 bridgehead atoms. The van der Waals surface area contributed by atoms with Gasteiger partial charge in [-0.1, -0.05) is 18.2 Å². The van der Waals surface area contributed by atoms with E-state index in [0.717, 1.165) is 31.4 Å². The Morgan fingerprint density at radius 1 is 1.04 bits per heavy atom. The van der Waals surface area contributed by atoms with E-state index in [-0.39, 0.29) is 12.4 Å². The lowest BCUT2D eigenvalue weighted by atomic mass is 10.1. The van der Waals surface area contributed by atoms with Gasteiger partial charge in [0.15, 0.2) is 0 Å². The molecule has 2 fully saturated rings. The number of fused-ring (bicyclic) bond motifs is 1. The van der Waals surface area contributed by atoms with Crippen LogP contribution in [0.15, 0.2) is 36.4 Å². The maximum absolute atomic E-state index is 5.31. The molecular weight excluding hydrogens is 334 g/mol. The standard InChI is InChI=1S/C20H27N3O.ClH/c1-24-20-5-4-17-12-16(2-3-18(17)13-20)14-22-9-6-19(15-22)23-10-7-21-8-11-23;/h2-5,12-13,19,21H,6-11,14-15H2,1H3;1H. The lowest BCUT2D eigenvalue weighted by Crippen LogP contribution is -2.49. The van der Waals surface area contributed by atoms with Crippen molar-refractivity contribution in [2.24, 2.45) is 0 Å². The van der Waals surface area contributed by atoms with Crippen LogP contribution >= 0.6 is 12.4 Å². The Kier molecular flexibility index (Phi) is 6.18. The van der Waals surface area contributed by atoms with Crippen molar-refractivity contribution < 1.29 is 4.74 Å². The van der Waals surface area contributed by atoms with E-state index >= 15 is 0 Å². The van der Waals surface area contributed by atoms with Gasteiger partial charge in [0.05, 0.1) is 7.11 Å². The molecule has 25 heavy (non-hydrogen) atoms. The van der Waals surface area contributed by atoms with Crippen molar-refractivity contribution in [1.29, 1.82) is 0 Å². The van der Waals surface area contributed by atoms with Crippen molar-refractivity contribution in [2.45, 2.75) is 19.0 Å². The number of rotatable bonds is 4. The fourth-order valence-electron chi connectivity index (χ4n) is 4.06. The molecule has 5 heteroatoms. The van der Waals surface area contributed by atoms with Crippen molar-refractivity contribution in [2.75, 3.05) is 46.4 Å². The van der Waals surface area contributed by atoms with Crippen LogP contribution in [0.2, 0.25) is 0 Å². The van der Waals surface area contributed by atoms with Crippen molar-refractivity contribution in [3.63, 3.8) is 0 Å². The van der Waals surface area contributed by atoms with Gasteiger partial charge in [0.1, 0.15) is 5.75 Å². The smallest absolute Gasteiger partial charge is 0.119 e. The highest BCUT2D eigenvalue weighted by atomic mass is 35.5. The quantitative estimate of drug-likeness (QED) is 0.906. The molecule has 2 aliphatic rings. The number of methoxy groups -OCH3 is 1. The van der Waals surface area contributed by atoms with E-state index in [1.54, 1.807) is 7.11 Å². The highest BCUT2D eigenvalue weighted by Gasteiger charge is 2.28. The lowest BCUT2D eigenvalue weighted by Gasteiger charge is -2.32. The molecule has 0 radical (unpaired) electrons. The van der Waals surface area contributed by atoms with Gasteiger partial charge in [0.25, 0.3) is 0 Å². The summed E-state index contributed by atoms with van der Waals surface area (Å²) in [5.74, 6) is 0.925. The summed E-state index contributed by atoms with van der Waals surface area (Å²) >= 11 is 0. The summed E-state index contributed by atoms with van der Waals surface area (Å²) in [4.78, 5) is 5.28. The Balaban J connectivity index is 0.00000182. The summed E-state index contributed by atoms with van der Waals surface area (Å²) in [6.45, 7) is 8.18. The van der Waals surface area contributed by atoms with Crippen LogP contribution in [0.4, 0.5) is 0 Å². The highest BCUT2D eigenvalue weighted by molar-refractivity contribution is 5.85. The van der Waals surface area contributed by atoms with E-state index in [9.17, 15) is 0 Å². The number of piperazine rings is 1. The molecule has 4 rings (SSSR count).